The standard InChI is InChI=1S/C17H23NO4/c1-17(2,3)22-16(20)18-14(11-8-12-15(19)21-4)13-9-6-5-7-10-13/h5-10,12,14H,11H2,1-4H3,(H,18,20)/b12-8+/t14-/m0/s1. The minimum atomic E-state index is -0.562. The molecule has 0 saturated carbocycles. The van der Waals surface area contributed by atoms with Crippen LogP contribution < -0.4 is 5.32 Å². The maximum atomic E-state index is 11.9. The van der Waals surface area contributed by atoms with Crippen LogP contribution in [0.2, 0.25) is 0 Å². The zero-order valence-electron chi connectivity index (χ0n) is 13.5. The lowest BCUT2D eigenvalue weighted by Gasteiger charge is -2.23. The average Bonchev–Trinajstić information content (AvgIpc) is 2.45. The fraction of sp³-hybridized carbons (Fsp3) is 0.412. The summed E-state index contributed by atoms with van der Waals surface area (Å²) in [6.45, 7) is 5.42. The molecule has 0 fully saturated rings. The van der Waals surface area contributed by atoms with Gasteiger partial charge in [-0.05, 0) is 32.8 Å². The van der Waals surface area contributed by atoms with Gasteiger partial charge in [-0.2, -0.15) is 0 Å². The normalized spacial score (nSPS) is 12.7. The Balaban J connectivity index is 2.77. The first kappa shape index (κ1) is 17.8. The first-order chi connectivity index (χ1) is 10.3. The van der Waals surface area contributed by atoms with Gasteiger partial charge < -0.3 is 14.8 Å². The fourth-order valence-corrected chi connectivity index (χ4v) is 1.78. The Bertz CT molecular complexity index is 517. The summed E-state index contributed by atoms with van der Waals surface area (Å²) in [4.78, 5) is 23.1. The van der Waals surface area contributed by atoms with Crippen molar-refractivity contribution in [2.24, 2.45) is 0 Å². The van der Waals surface area contributed by atoms with E-state index in [1.165, 1.54) is 13.2 Å². The van der Waals surface area contributed by atoms with Gasteiger partial charge in [0.25, 0.3) is 0 Å². The van der Waals surface area contributed by atoms with Gasteiger partial charge in [0, 0.05) is 6.08 Å². The van der Waals surface area contributed by atoms with Crippen LogP contribution in [0.5, 0.6) is 0 Å². The third-order valence-corrected chi connectivity index (χ3v) is 2.72. The van der Waals surface area contributed by atoms with Gasteiger partial charge in [-0.15, -0.1) is 0 Å². The summed E-state index contributed by atoms with van der Waals surface area (Å²) < 4.78 is 9.82. The van der Waals surface area contributed by atoms with Gasteiger partial charge in [0.2, 0.25) is 0 Å². The number of hydrogen-bond donors (Lipinski definition) is 1. The highest BCUT2D eigenvalue weighted by Crippen LogP contribution is 2.18. The zero-order chi connectivity index (χ0) is 16.6. The number of nitrogens with one attached hydrogen (secondary N) is 1. The first-order valence-corrected chi connectivity index (χ1v) is 7.11. The minimum Gasteiger partial charge on any atom is -0.466 e. The molecule has 0 bridgehead atoms. The molecular formula is C17H23NO4. The SMILES string of the molecule is COC(=O)/C=C/C[C@H](NC(=O)OC(C)(C)C)c1ccccc1. The summed E-state index contributed by atoms with van der Waals surface area (Å²) >= 11 is 0. The predicted octanol–water partition coefficient (Wildman–Crippen LogP) is 3.37. The molecule has 5 heteroatoms. The number of amides is 1. The molecule has 1 rings (SSSR count). The van der Waals surface area contributed by atoms with Crippen LogP contribution in [0.15, 0.2) is 42.5 Å². The van der Waals surface area contributed by atoms with E-state index in [4.69, 9.17) is 4.74 Å². The van der Waals surface area contributed by atoms with Gasteiger partial charge in [0.05, 0.1) is 13.2 Å². The molecule has 1 atom stereocenters. The molecule has 1 amide bonds. The Labute approximate surface area is 131 Å². The number of rotatable bonds is 5. The second-order valence-corrected chi connectivity index (χ2v) is 5.77. The second-order valence-electron chi connectivity index (χ2n) is 5.77. The molecule has 0 aromatic heterocycles. The van der Waals surface area contributed by atoms with Crippen molar-refractivity contribution in [2.45, 2.75) is 38.8 Å². The van der Waals surface area contributed by atoms with Crippen LogP contribution in [0.25, 0.3) is 0 Å². The lowest BCUT2D eigenvalue weighted by atomic mass is 10.0. The maximum Gasteiger partial charge on any atom is 0.408 e. The Morgan fingerprint density at radius 1 is 1.23 bits per heavy atom. The van der Waals surface area contributed by atoms with Gasteiger partial charge in [0.1, 0.15) is 5.60 Å². The van der Waals surface area contributed by atoms with E-state index in [1.54, 1.807) is 26.8 Å². The highest BCUT2D eigenvalue weighted by molar-refractivity contribution is 5.81. The number of methoxy groups -OCH3 is 1. The fourth-order valence-electron chi connectivity index (χ4n) is 1.78. The maximum absolute atomic E-state index is 11.9. The van der Waals surface area contributed by atoms with E-state index in [0.29, 0.717) is 6.42 Å². The van der Waals surface area contributed by atoms with Crippen molar-refractivity contribution < 1.29 is 19.1 Å². The molecule has 0 aliphatic rings. The molecule has 22 heavy (non-hydrogen) atoms. The van der Waals surface area contributed by atoms with Crippen LogP contribution in [-0.4, -0.2) is 24.8 Å². The second kappa shape index (κ2) is 8.22. The lowest BCUT2D eigenvalue weighted by Crippen LogP contribution is -2.34. The molecule has 120 valence electrons. The Hall–Kier alpha value is -2.30. The van der Waals surface area contributed by atoms with Gasteiger partial charge in [-0.3, -0.25) is 0 Å². The molecule has 5 nitrogen and oxygen atoms in total. The van der Waals surface area contributed by atoms with Gasteiger partial charge in [0.15, 0.2) is 0 Å². The third kappa shape index (κ3) is 6.92. The quantitative estimate of drug-likeness (QED) is 0.669. The molecule has 0 aliphatic heterocycles. The molecule has 0 radical (unpaired) electrons. The summed E-state index contributed by atoms with van der Waals surface area (Å²) in [5, 5.41) is 2.82. The zero-order valence-corrected chi connectivity index (χ0v) is 13.5. The topological polar surface area (TPSA) is 64.6 Å². The number of ether oxygens (including phenoxy) is 2. The van der Waals surface area contributed by atoms with Crippen molar-refractivity contribution in [3.63, 3.8) is 0 Å². The van der Waals surface area contributed by atoms with Crippen LogP contribution in [-0.2, 0) is 14.3 Å². The predicted molar refractivity (Wildman–Crippen MR) is 84.3 cm³/mol. The molecule has 0 unspecified atom stereocenters. The smallest absolute Gasteiger partial charge is 0.408 e. The van der Waals surface area contributed by atoms with E-state index in [1.807, 2.05) is 30.3 Å². The third-order valence-electron chi connectivity index (χ3n) is 2.72. The van der Waals surface area contributed by atoms with Crippen LogP contribution in [0, 0.1) is 0 Å². The van der Waals surface area contributed by atoms with E-state index in [0.717, 1.165) is 5.56 Å². The molecule has 0 saturated heterocycles. The van der Waals surface area contributed by atoms with E-state index < -0.39 is 17.7 Å². The Morgan fingerprint density at radius 3 is 2.41 bits per heavy atom. The molecule has 1 N–H and O–H groups in total. The number of esters is 1. The first-order valence-electron chi connectivity index (χ1n) is 7.11. The molecule has 1 aromatic rings. The van der Waals surface area contributed by atoms with Crippen LogP contribution >= 0.6 is 0 Å². The van der Waals surface area contributed by atoms with Gasteiger partial charge in [-0.25, -0.2) is 9.59 Å². The summed E-state index contributed by atoms with van der Waals surface area (Å²) in [6, 6.07) is 9.23. The largest absolute Gasteiger partial charge is 0.466 e. The van der Waals surface area contributed by atoms with E-state index in [-0.39, 0.29) is 6.04 Å². The molecule has 0 heterocycles. The molecular weight excluding hydrogens is 282 g/mol. The number of hydrogen-bond acceptors (Lipinski definition) is 4. The summed E-state index contributed by atoms with van der Waals surface area (Å²) in [5.74, 6) is -0.427. The van der Waals surface area contributed by atoms with Gasteiger partial charge >= 0.3 is 12.1 Å². The highest BCUT2D eigenvalue weighted by atomic mass is 16.6. The van der Waals surface area contributed by atoms with Gasteiger partial charge in [-0.1, -0.05) is 36.4 Å². The van der Waals surface area contributed by atoms with E-state index >= 15 is 0 Å². The minimum absolute atomic E-state index is 0.281. The summed E-state index contributed by atoms with van der Waals surface area (Å²) in [7, 11) is 1.32. The van der Waals surface area contributed by atoms with Crippen LogP contribution in [0.1, 0.15) is 38.8 Å². The highest BCUT2D eigenvalue weighted by Gasteiger charge is 2.19. The van der Waals surface area contributed by atoms with E-state index in [9.17, 15) is 9.59 Å². The molecule has 1 aromatic carbocycles. The van der Waals surface area contributed by atoms with Crippen molar-refractivity contribution in [2.75, 3.05) is 7.11 Å². The number of benzene rings is 1. The summed E-state index contributed by atoms with van der Waals surface area (Å²) in [6.07, 6.45) is 2.97. The Kier molecular flexibility index (Phi) is 6.63. The summed E-state index contributed by atoms with van der Waals surface area (Å²) in [5.41, 5.74) is 0.371. The Morgan fingerprint density at radius 2 is 1.86 bits per heavy atom. The van der Waals surface area contributed by atoms with Crippen molar-refractivity contribution in [3.8, 4) is 0 Å². The molecule has 0 aliphatic carbocycles. The number of carbonyl (C=O) groups is 2. The van der Waals surface area contributed by atoms with Crippen molar-refractivity contribution in [1.82, 2.24) is 5.32 Å². The monoisotopic (exact) mass is 305 g/mol. The van der Waals surface area contributed by atoms with Crippen molar-refractivity contribution in [3.05, 3.63) is 48.0 Å². The lowest BCUT2D eigenvalue weighted by molar-refractivity contribution is -0.134. The van der Waals surface area contributed by atoms with Crippen LogP contribution in [0.4, 0.5) is 4.79 Å². The number of alkyl carbamates (subject to hydrolysis) is 1. The number of carbonyl (C=O) groups excluding carboxylic acids is 2. The van der Waals surface area contributed by atoms with E-state index in [2.05, 4.69) is 10.1 Å². The van der Waals surface area contributed by atoms with Crippen LogP contribution in [0.3, 0.4) is 0 Å². The average molecular weight is 305 g/mol. The molecule has 0 spiro atoms. The van der Waals surface area contributed by atoms with Crippen molar-refractivity contribution >= 4 is 12.1 Å². The van der Waals surface area contributed by atoms with Crippen molar-refractivity contribution in [1.29, 1.82) is 0 Å².